The van der Waals surface area contributed by atoms with Crippen LogP contribution in [0.3, 0.4) is 0 Å². The van der Waals surface area contributed by atoms with Crippen molar-refractivity contribution in [1.82, 2.24) is 0 Å². The Bertz CT molecular complexity index is 254. The molecular weight excluding hydrogens is 254 g/mol. The summed E-state index contributed by atoms with van der Waals surface area (Å²) in [4.78, 5) is 10.7. The number of nitrogens with zero attached hydrogens (tertiary/aromatic N) is 1. The summed E-state index contributed by atoms with van der Waals surface area (Å²) in [5.74, 6) is -0.860. The molecule has 120 valence electrons. The van der Waals surface area contributed by atoms with Crippen molar-refractivity contribution < 1.29 is 19.5 Å². The summed E-state index contributed by atoms with van der Waals surface area (Å²) >= 11 is 0. The second kappa shape index (κ2) is 11.1. The lowest BCUT2D eigenvalue weighted by Crippen LogP contribution is -2.51. The topological polar surface area (TPSA) is 57.5 Å². The lowest BCUT2D eigenvalue weighted by Gasteiger charge is -2.33. The van der Waals surface area contributed by atoms with Crippen LogP contribution in [0.15, 0.2) is 0 Å². The summed E-state index contributed by atoms with van der Waals surface area (Å²) < 4.78 is 0.145. The first-order chi connectivity index (χ1) is 9.40. The van der Waals surface area contributed by atoms with Gasteiger partial charge in [0.1, 0.15) is 0 Å². The summed E-state index contributed by atoms with van der Waals surface area (Å²) in [5.41, 5.74) is 0. The van der Waals surface area contributed by atoms with Crippen molar-refractivity contribution in [3.8, 4) is 0 Å². The zero-order valence-corrected chi connectivity index (χ0v) is 13.6. The molecule has 2 N–H and O–H groups in total. The molecule has 0 heterocycles. The molecule has 0 aliphatic rings. The van der Waals surface area contributed by atoms with E-state index in [1.807, 2.05) is 0 Å². The van der Waals surface area contributed by atoms with Crippen LogP contribution in [0, 0.1) is 0 Å². The Balaban J connectivity index is 3.52. The molecule has 0 aromatic heterocycles. The van der Waals surface area contributed by atoms with E-state index in [1.54, 1.807) is 14.1 Å². The number of hydrogen-bond acceptors (Lipinski definition) is 2. The third-order valence-electron chi connectivity index (χ3n) is 3.92. The van der Waals surface area contributed by atoms with Crippen LogP contribution in [0.2, 0.25) is 0 Å². The van der Waals surface area contributed by atoms with Crippen LogP contribution in [0.4, 0.5) is 0 Å². The average Bonchev–Trinajstić information content (AvgIpc) is 2.35. The summed E-state index contributed by atoms with van der Waals surface area (Å²) in [5, 5.41) is 18.8. The third-order valence-corrected chi connectivity index (χ3v) is 3.92. The van der Waals surface area contributed by atoms with Gasteiger partial charge in [0.2, 0.25) is 0 Å². The predicted octanol–water partition coefficient (Wildman–Crippen LogP) is 3.39. The number of aliphatic hydroxyl groups is 1. The van der Waals surface area contributed by atoms with Gasteiger partial charge >= 0.3 is 5.97 Å². The molecule has 0 aliphatic heterocycles. The third kappa shape index (κ3) is 10.2. The first-order valence-electron chi connectivity index (χ1n) is 8.12. The largest absolute Gasteiger partial charge is 0.477 e. The Kier molecular flexibility index (Phi) is 10.8. The van der Waals surface area contributed by atoms with Crippen LogP contribution >= 0.6 is 0 Å². The zero-order chi connectivity index (χ0) is 15.4. The van der Waals surface area contributed by atoms with Crippen LogP contribution in [0.5, 0.6) is 0 Å². The number of unbranched alkanes of at least 4 members (excludes halogenated alkanes) is 8. The van der Waals surface area contributed by atoms with Gasteiger partial charge in [-0.15, -0.1) is 0 Å². The van der Waals surface area contributed by atoms with Gasteiger partial charge in [-0.1, -0.05) is 58.3 Å². The summed E-state index contributed by atoms with van der Waals surface area (Å²) in [6.45, 7) is 2.20. The van der Waals surface area contributed by atoms with Gasteiger partial charge < -0.3 is 10.2 Å². The Morgan fingerprint density at radius 2 is 1.40 bits per heavy atom. The van der Waals surface area contributed by atoms with E-state index in [0.717, 1.165) is 12.8 Å². The molecule has 0 saturated carbocycles. The smallest absolute Gasteiger partial charge is 0.359 e. The maximum Gasteiger partial charge on any atom is 0.359 e. The minimum Gasteiger partial charge on any atom is -0.477 e. The molecule has 0 amide bonds. The highest BCUT2D eigenvalue weighted by Gasteiger charge is 2.28. The molecule has 0 spiro atoms. The van der Waals surface area contributed by atoms with Gasteiger partial charge in [0.05, 0.1) is 14.1 Å². The quantitative estimate of drug-likeness (QED) is 0.310. The maximum absolute atomic E-state index is 10.7. The fourth-order valence-corrected chi connectivity index (χ4v) is 2.44. The van der Waals surface area contributed by atoms with E-state index in [4.69, 9.17) is 5.11 Å². The fraction of sp³-hybridized carbons (Fsp3) is 0.938. The first kappa shape index (κ1) is 19.4. The molecule has 1 atom stereocenters. The molecule has 0 fully saturated rings. The normalized spacial score (nSPS) is 13.4. The molecule has 0 bridgehead atoms. The number of aliphatic hydroxyl groups excluding tert-OH is 1. The van der Waals surface area contributed by atoms with Crippen molar-refractivity contribution in [1.29, 1.82) is 0 Å². The number of aliphatic carboxylic acids is 1. The number of carbonyl (C=O) groups is 1. The van der Waals surface area contributed by atoms with E-state index in [-0.39, 0.29) is 11.0 Å². The van der Waals surface area contributed by atoms with Crippen LogP contribution < -0.4 is 0 Å². The Hall–Kier alpha value is -0.610. The highest BCUT2D eigenvalue weighted by molar-refractivity contribution is 5.67. The lowest BCUT2D eigenvalue weighted by molar-refractivity contribution is -0.930. The van der Waals surface area contributed by atoms with Gasteiger partial charge in [0, 0.05) is 6.42 Å². The van der Waals surface area contributed by atoms with Gasteiger partial charge in [-0.2, -0.15) is 0 Å². The van der Waals surface area contributed by atoms with Crippen molar-refractivity contribution in [2.45, 2.75) is 77.4 Å². The van der Waals surface area contributed by atoms with Crippen molar-refractivity contribution in [3.05, 3.63) is 0 Å². The summed E-state index contributed by atoms with van der Waals surface area (Å²) in [6.07, 6.45) is 11.4. The number of likely N-dealkylation sites (N-methyl/N-ethyl adjacent to an activating group) is 1. The highest BCUT2D eigenvalue weighted by atomic mass is 16.4. The average molecular weight is 288 g/mol. The molecule has 4 heteroatoms. The number of carboxylic acid groups (broad SMARTS) is 1. The highest BCUT2D eigenvalue weighted by Crippen LogP contribution is 2.14. The summed E-state index contributed by atoms with van der Waals surface area (Å²) in [7, 11) is 3.54. The van der Waals surface area contributed by atoms with E-state index >= 15 is 0 Å². The van der Waals surface area contributed by atoms with Crippen molar-refractivity contribution in [3.63, 3.8) is 0 Å². The van der Waals surface area contributed by atoms with Crippen LogP contribution in [0.1, 0.15) is 71.1 Å². The monoisotopic (exact) mass is 288 g/mol. The van der Waals surface area contributed by atoms with E-state index in [1.165, 1.54) is 44.9 Å². The Morgan fingerprint density at radius 1 is 0.950 bits per heavy atom. The van der Waals surface area contributed by atoms with Crippen LogP contribution in [0.25, 0.3) is 0 Å². The minimum atomic E-state index is -0.860. The molecular formula is C16H34NO3+. The first-order valence-corrected chi connectivity index (χ1v) is 8.12. The van der Waals surface area contributed by atoms with Crippen LogP contribution in [-0.4, -0.2) is 47.5 Å². The molecule has 1 unspecified atom stereocenters. The molecule has 0 saturated heterocycles. The number of hydrogen-bond donors (Lipinski definition) is 2. The molecule has 0 aliphatic carbocycles. The van der Waals surface area contributed by atoms with E-state index in [0.29, 0.717) is 6.42 Å². The van der Waals surface area contributed by atoms with Crippen molar-refractivity contribution in [2.24, 2.45) is 0 Å². The number of carboxylic acids is 1. The van der Waals surface area contributed by atoms with Gasteiger partial charge in [0.25, 0.3) is 0 Å². The van der Waals surface area contributed by atoms with E-state index < -0.39 is 12.2 Å². The standard InChI is InChI=1S/C16H33NO3/c1-4-5-6-7-8-9-10-11-12-13-15(18)17(2,3)14-16(19)20/h15,18H,4-14H2,1-3H3/p+1. The fourth-order valence-electron chi connectivity index (χ4n) is 2.44. The second-order valence-electron chi connectivity index (χ2n) is 6.43. The van der Waals surface area contributed by atoms with Crippen molar-refractivity contribution in [2.75, 3.05) is 20.6 Å². The molecule has 0 aromatic carbocycles. The minimum absolute atomic E-state index is 0.0292. The van der Waals surface area contributed by atoms with Crippen molar-refractivity contribution >= 4 is 5.97 Å². The Morgan fingerprint density at radius 3 is 1.85 bits per heavy atom. The molecule has 0 aromatic rings. The van der Waals surface area contributed by atoms with Gasteiger partial charge in [-0.05, 0) is 6.42 Å². The lowest BCUT2D eigenvalue weighted by atomic mass is 10.1. The number of quaternary nitrogens is 1. The van der Waals surface area contributed by atoms with E-state index in [9.17, 15) is 9.90 Å². The molecule has 0 rings (SSSR count). The SMILES string of the molecule is CCCCCCCCCCCC(O)[N+](C)(C)CC(=O)O. The molecule has 4 nitrogen and oxygen atoms in total. The molecule has 20 heavy (non-hydrogen) atoms. The van der Waals surface area contributed by atoms with Crippen LogP contribution in [-0.2, 0) is 4.79 Å². The molecule has 0 radical (unpaired) electrons. The summed E-state index contributed by atoms with van der Waals surface area (Å²) in [6, 6.07) is 0. The van der Waals surface area contributed by atoms with Gasteiger partial charge in [-0.3, -0.25) is 4.48 Å². The van der Waals surface area contributed by atoms with Gasteiger partial charge in [0.15, 0.2) is 12.8 Å². The van der Waals surface area contributed by atoms with Gasteiger partial charge in [-0.25, -0.2) is 4.79 Å². The Labute approximate surface area is 124 Å². The van der Waals surface area contributed by atoms with E-state index in [2.05, 4.69) is 6.92 Å². The maximum atomic E-state index is 10.7. The predicted molar refractivity (Wildman–Crippen MR) is 82.5 cm³/mol. The number of rotatable bonds is 13. The second-order valence-corrected chi connectivity index (χ2v) is 6.43. The zero-order valence-electron chi connectivity index (χ0n) is 13.6.